The van der Waals surface area contributed by atoms with Gasteiger partial charge in [-0.2, -0.15) is 0 Å². The number of nitrogens with one attached hydrogen (secondary N) is 1. The molecule has 1 saturated carbocycles. The van der Waals surface area contributed by atoms with Gasteiger partial charge < -0.3 is 20.1 Å². The van der Waals surface area contributed by atoms with Gasteiger partial charge in [-0.1, -0.05) is 61.5 Å². The average Bonchev–Trinajstić information content (AvgIpc) is 2.93. The summed E-state index contributed by atoms with van der Waals surface area (Å²) in [7, 11) is 2.01. The molecule has 2 aliphatic rings. The molecule has 2 amide bonds. The average molecular weight is 577 g/mol. The lowest BCUT2D eigenvalue weighted by Crippen LogP contribution is -2.49. The van der Waals surface area contributed by atoms with Crippen molar-refractivity contribution in [2.75, 3.05) is 32.1 Å². The van der Waals surface area contributed by atoms with E-state index in [-0.39, 0.29) is 42.4 Å². The zero-order valence-corrected chi connectivity index (χ0v) is 24.5. The van der Waals surface area contributed by atoms with Gasteiger partial charge in [-0.3, -0.25) is 14.5 Å². The molecule has 0 radical (unpaired) electrons. The van der Waals surface area contributed by atoms with Gasteiger partial charge in [0.05, 0.1) is 33.9 Å². The van der Waals surface area contributed by atoms with Gasteiger partial charge in [0.15, 0.2) is 5.75 Å². The molecule has 2 aromatic carbocycles. The monoisotopic (exact) mass is 575 g/mol. The van der Waals surface area contributed by atoms with Crippen LogP contribution >= 0.6 is 23.2 Å². The fourth-order valence-electron chi connectivity index (χ4n) is 5.48. The predicted molar refractivity (Wildman–Crippen MR) is 156 cm³/mol. The van der Waals surface area contributed by atoms with E-state index < -0.39 is 0 Å². The Morgan fingerprint density at radius 2 is 1.92 bits per heavy atom. The summed E-state index contributed by atoms with van der Waals surface area (Å²) < 4.78 is 6.64. The fourth-order valence-corrected chi connectivity index (χ4v) is 5.80. The number of rotatable bonds is 8. The number of aliphatic hydroxyl groups excluding tert-OH is 1. The zero-order chi connectivity index (χ0) is 28.1. The van der Waals surface area contributed by atoms with Crippen LogP contribution in [0.25, 0.3) is 0 Å². The molecule has 0 saturated heterocycles. The van der Waals surface area contributed by atoms with Crippen LogP contribution in [0.15, 0.2) is 36.4 Å². The van der Waals surface area contributed by atoms with E-state index in [9.17, 15) is 14.7 Å². The Morgan fingerprint density at radius 3 is 2.62 bits per heavy atom. The third kappa shape index (κ3) is 7.26. The first-order valence-electron chi connectivity index (χ1n) is 13.8. The predicted octanol–water partition coefficient (Wildman–Crippen LogP) is 5.86. The van der Waals surface area contributed by atoms with Crippen molar-refractivity contribution in [1.82, 2.24) is 9.80 Å². The molecular formula is C30H39Cl2N3O4. The summed E-state index contributed by atoms with van der Waals surface area (Å²) in [5, 5.41) is 14.0. The van der Waals surface area contributed by atoms with E-state index in [4.69, 9.17) is 27.9 Å². The Morgan fingerprint density at radius 1 is 1.18 bits per heavy atom. The quantitative estimate of drug-likeness (QED) is 0.411. The highest BCUT2D eigenvalue weighted by molar-refractivity contribution is 6.42. The molecule has 39 heavy (non-hydrogen) atoms. The second kappa shape index (κ2) is 13.4. The summed E-state index contributed by atoms with van der Waals surface area (Å²) in [6.07, 6.45) is 4.74. The van der Waals surface area contributed by atoms with Crippen LogP contribution in [0.2, 0.25) is 10.0 Å². The molecule has 2 N–H and O–H groups in total. The topological polar surface area (TPSA) is 82.1 Å². The summed E-state index contributed by atoms with van der Waals surface area (Å²) in [5.41, 5.74) is 1.93. The van der Waals surface area contributed by atoms with Gasteiger partial charge in [0, 0.05) is 31.5 Å². The van der Waals surface area contributed by atoms with Crippen LogP contribution in [-0.2, 0) is 11.3 Å². The molecule has 212 valence electrons. The molecule has 7 nitrogen and oxygen atoms in total. The molecule has 2 aromatic rings. The lowest BCUT2D eigenvalue weighted by atomic mass is 9.88. The van der Waals surface area contributed by atoms with Crippen molar-refractivity contribution in [2.45, 2.75) is 64.6 Å². The highest BCUT2D eigenvalue weighted by Gasteiger charge is 2.35. The summed E-state index contributed by atoms with van der Waals surface area (Å²) in [5.74, 6) is 0.0745. The van der Waals surface area contributed by atoms with Gasteiger partial charge in [0.2, 0.25) is 5.91 Å². The van der Waals surface area contributed by atoms with Crippen molar-refractivity contribution in [3.63, 3.8) is 0 Å². The normalized spacial score (nSPS) is 21.1. The highest BCUT2D eigenvalue weighted by atomic mass is 35.5. The molecule has 1 aliphatic carbocycles. The van der Waals surface area contributed by atoms with Crippen molar-refractivity contribution in [3.8, 4) is 5.75 Å². The molecule has 4 rings (SSSR count). The number of aliphatic hydroxyl groups is 1. The van der Waals surface area contributed by atoms with Crippen molar-refractivity contribution in [1.29, 1.82) is 0 Å². The third-order valence-corrected chi connectivity index (χ3v) is 8.59. The number of carbonyl (C=O) groups excluding carboxylic acids is 2. The molecule has 1 aliphatic heterocycles. The van der Waals surface area contributed by atoms with Gasteiger partial charge in [0.25, 0.3) is 5.91 Å². The number of carbonyl (C=O) groups is 2. The fraction of sp³-hybridized carbons (Fsp3) is 0.533. The first-order valence-corrected chi connectivity index (χ1v) is 14.6. The van der Waals surface area contributed by atoms with Gasteiger partial charge in [-0.05, 0) is 56.6 Å². The van der Waals surface area contributed by atoms with Crippen LogP contribution in [0.1, 0.15) is 61.9 Å². The van der Waals surface area contributed by atoms with Crippen LogP contribution in [0.3, 0.4) is 0 Å². The van der Waals surface area contributed by atoms with Gasteiger partial charge >= 0.3 is 0 Å². The standard InChI is InChI=1S/C30H39Cl2N3O4/c1-19-15-35(20(2)18-36)30(38)23-10-7-11-26(33-29(37)22-8-5-4-6-9-22)28(23)39-27(19)17-34(3)16-21-12-13-24(31)25(32)14-21/h7,10-14,19-20,22,27,36H,4-6,8-9,15-18H2,1-3H3,(H,33,37)/t19-,20-,27+/m0/s1. The minimum atomic E-state index is -0.360. The lowest BCUT2D eigenvalue weighted by molar-refractivity contribution is -0.120. The summed E-state index contributed by atoms with van der Waals surface area (Å²) in [4.78, 5) is 30.7. The number of amides is 2. The number of anilines is 1. The molecule has 0 aromatic heterocycles. The van der Waals surface area contributed by atoms with Crippen LogP contribution in [0, 0.1) is 11.8 Å². The maximum absolute atomic E-state index is 13.7. The second-order valence-corrected chi connectivity index (χ2v) is 11.9. The number of para-hydroxylation sites is 1. The molecule has 9 heteroatoms. The van der Waals surface area contributed by atoms with Crippen LogP contribution in [0.5, 0.6) is 5.75 Å². The maximum Gasteiger partial charge on any atom is 0.258 e. The number of likely N-dealkylation sites (N-methyl/N-ethyl adjacent to an activating group) is 1. The maximum atomic E-state index is 13.7. The Hall–Kier alpha value is -2.32. The minimum Gasteiger partial charge on any atom is -0.486 e. The van der Waals surface area contributed by atoms with E-state index in [1.807, 2.05) is 26.1 Å². The molecule has 0 unspecified atom stereocenters. The Balaban J connectivity index is 1.63. The Bertz CT molecular complexity index is 1170. The van der Waals surface area contributed by atoms with E-state index in [0.717, 1.165) is 37.7 Å². The number of fused-ring (bicyclic) bond motifs is 1. The van der Waals surface area contributed by atoms with Crippen LogP contribution < -0.4 is 10.1 Å². The zero-order valence-electron chi connectivity index (χ0n) is 23.0. The van der Waals surface area contributed by atoms with E-state index in [1.54, 1.807) is 29.2 Å². The molecule has 0 bridgehead atoms. The minimum absolute atomic E-state index is 0.0249. The van der Waals surface area contributed by atoms with Gasteiger partial charge in [0.1, 0.15) is 6.10 Å². The Kier molecular flexibility index (Phi) is 10.2. The largest absolute Gasteiger partial charge is 0.486 e. The van der Waals surface area contributed by atoms with Crippen molar-refractivity contribution in [3.05, 3.63) is 57.6 Å². The van der Waals surface area contributed by atoms with Crippen LogP contribution in [-0.4, -0.2) is 65.6 Å². The van der Waals surface area contributed by atoms with Crippen molar-refractivity contribution >= 4 is 40.7 Å². The molecule has 1 fully saturated rings. The molecule has 1 heterocycles. The molecule has 0 spiro atoms. The lowest BCUT2D eigenvalue weighted by Gasteiger charge is -2.38. The third-order valence-electron chi connectivity index (χ3n) is 7.85. The van der Waals surface area contributed by atoms with Gasteiger partial charge in [-0.25, -0.2) is 0 Å². The summed E-state index contributed by atoms with van der Waals surface area (Å²) in [6.45, 7) is 5.38. The van der Waals surface area contributed by atoms with E-state index in [1.165, 1.54) is 0 Å². The summed E-state index contributed by atoms with van der Waals surface area (Å²) >= 11 is 12.3. The first kappa shape index (κ1) is 29.7. The number of hydrogen-bond donors (Lipinski definition) is 2. The van der Waals surface area contributed by atoms with Gasteiger partial charge in [-0.15, -0.1) is 0 Å². The van der Waals surface area contributed by atoms with E-state index >= 15 is 0 Å². The molecule has 3 atom stereocenters. The number of nitrogens with zero attached hydrogens (tertiary/aromatic N) is 2. The second-order valence-electron chi connectivity index (χ2n) is 11.1. The number of ether oxygens (including phenoxy) is 1. The number of halogens is 2. The Labute approximate surface area is 241 Å². The smallest absolute Gasteiger partial charge is 0.258 e. The highest BCUT2D eigenvalue weighted by Crippen LogP contribution is 2.36. The van der Waals surface area contributed by atoms with Crippen molar-refractivity contribution in [2.24, 2.45) is 11.8 Å². The van der Waals surface area contributed by atoms with E-state index in [2.05, 4.69) is 17.1 Å². The van der Waals surface area contributed by atoms with Crippen molar-refractivity contribution < 1.29 is 19.4 Å². The number of hydrogen-bond acceptors (Lipinski definition) is 5. The van der Waals surface area contributed by atoms with E-state index in [0.29, 0.717) is 46.7 Å². The first-order chi connectivity index (χ1) is 18.7. The van der Waals surface area contributed by atoms with Crippen LogP contribution in [0.4, 0.5) is 5.69 Å². The molecular weight excluding hydrogens is 537 g/mol. The number of benzene rings is 2. The summed E-state index contributed by atoms with van der Waals surface area (Å²) in [6, 6.07) is 10.5. The SMILES string of the molecule is C[C@H]1CN([C@@H](C)CO)C(=O)c2cccc(NC(=O)C3CCCCC3)c2O[C@@H]1CN(C)Cc1ccc(Cl)c(Cl)c1.